The number of anilines is 1. The Labute approximate surface area is 111 Å². The lowest BCUT2D eigenvalue weighted by Crippen LogP contribution is -2.48. The SMILES string of the molecule is CCCC(C)(N)C(=O)Nc1ccc(C(=O)O)c(O)c1. The minimum absolute atomic E-state index is 0.220. The predicted molar refractivity (Wildman–Crippen MR) is 71.2 cm³/mol. The minimum Gasteiger partial charge on any atom is -0.507 e. The van der Waals surface area contributed by atoms with Gasteiger partial charge in [0.25, 0.3) is 0 Å². The molecule has 0 bridgehead atoms. The summed E-state index contributed by atoms with van der Waals surface area (Å²) in [5.41, 5.74) is 4.95. The summed E-state index contributed by atoms with van der Waals surface area (Å²) >= 11 is 0. The molecule has 104 valence electrons. The van der Waals surface area contributed by atoms with Gasteiger partial charge in [-0.15, -0.1) is 0 Å². The van der Waals surface area contributed by atoms with Crippen molar-refractivity contribution in [1.82, 2.24) is 0 Å². The first kappa shape index (κ1) is 15.0. The van der Waals surface area contributed by atoms with Crippen molar-refractivity contribution in [3.8, 4) is 5.75 Å². The molecule has 0 aromatic heterocycles. The minimum atomic E-state index is -1.23. The second-order valence-electron chi connectivity index (χ2n) is 4.66. The molecule has 0 heterocycles. The smallest absolute Gasteiger partial charge is 0.339 e. The van der Waals surface area contributed by atoms with E-state index < -0.39 is 17.3 Å². The van der Waals surface area contributed by atoms with Crippen LogP contribution in [-0.2, 0) is 4.79 Å². The number of aromatic carboxylic acids is 1. The Bertz CT molecular complexity index is 497. The van der Waals surface area contributed by atoms with Gasteiger partial charge in [0.1, 0.15) is 11.3 Å². The Balaban J connectivity index is 2.87. The number of carbonyl (C=O) groups is 2. The molecule has 0 fully saturated rings. The summed E-state index contributed by atoms with van der Waals surface area (Å²) in [5, 5.41) is 20.8. The molecule has 0 spiro atoms. The molecule has 0 saturated carbocycles. The molecule has 5 N–H and O–H groups in total. The Morgan fingerprint density at radius 2 is 2.05 bits per heavy atom. The quantitative estimate of drug-likeness (QED) is 0.645. The number of phenols is 1. The summed E-state index contributed by atoms with van der Waals surface area (Å²) in [4.78, 5) is 22.7. The first-order valence-electron chi connectivity index (χ1n) is 5.94. The van der Waals surface area contributed by atoms with Crippen LogP contribution < -0.4 is 11.1 Å². The van der Waals surface area contributed by atoms with E-state index in [1.54, 1.807) is 6.92 Å². The number of aromatic hydroxyl groups is 1. The second-order valence-corrected chi connectivity index (χ2v) is 4.66. The Morgan fingerprint density at radius 3 is 2.53 bits per heavy atom. The molecule has 0 aliphatic heterocycles. The Hall–Kier alpha value is -2.08. The number of carboxylic acids is 1. The van der Waals surface area contributed by atoms with Crippen LogP contribution in [0.25, 0.3) is 0 Å². The molecule has 19 heavy (non-hydrogen) atoms. The molecule has 1 amide bonds. The molecule has 0 aliphatic rings. The molecule has 0 aliphatic carbocycles. The highest BCUT2D eigenvalue weighted by molar-refractivity contribution is 5.98. The number of nitrogens with one attached hydrogen (secondary N) is 1. The average molecular weight is 266 g/mol. The fourth-order valence-corrected chi connectivity index (χ4v) is 1.70. The van der Waals surface area contributed by atoms with Gasteiger partial charge in [-0.1, -0.05) is 13.3 Å². The van der Waals surface area contributed by atoms with E-state index in [1.807, 2.05) is 6.92 Å². The highest BCUT2D eigenvalue weighted by Gasteiger charge is 2.27. The second kappa shape index (κ2) is 5.71. The van der Waals surface area contributed by atoms with E-state index in [0.717, 1.165) is 6.42 Å². The van der Waals surface area contributed by atoms with Gasteiger partial charge in [0.05, 0.1) is 5.54 Å². The first-order valence-corrected chi connectivity index (χ1v) is 5.94. The Kier molecular flexibility index (Phi) is 4.50. The van der Waals surface area contributed by atoms with Gasteiger partial charge >= 0.3 is 5.97 Å². The number of nitrogens with two attached hydrogens (primary N) is 1. The van der Waals surface area contributed by atoms with Crippen LogP contribution in [0.4, 0.5) is 5.69 Å². The van der Waals surface area contributed by atoms with Crippen molar-refractivity contribution < 1.29 is 19.8 Å². The van der Waals surface area contributed by atoms with Crippen LogP contribution in [-0.4, -0.2) is 27.6 Å². The highest BCUT2D eigenvalue weighted by Crippen LogP contribution is 2.23. The van der Waals surface area contributed by atoms with E-state index in [1.165, 1.54) is 18.2 Å². The number of carboxylic acid groups (broad SMARTS) is 1. The fourth-order valence-electron chi connectivity index (χ4n) is 1.70. The van der Waals surface area contributed by atoms with Crippen LogP contribution in [0.2, 0.25) is 0 Å². The summed E-state index contributed by atoms with van der Waals surface area (Å²) in [6.07, 6.45) is 1.29. The van der Waals surface area contributed by atoms with Gasteiger partial charge in [0, 0.05) is 11.8 Å². The topological polar surface area (TPSA) is 113 Å². The van der Waals surface area contributed by atoms with Gasteiger partial charge in [0.2, 0.25) is 5.91 Å². The number of rotatable bonds is 5. The zero-order chi connectivity index (χ0) is 14.6. The lowest BCUT2D eigenvalue weighted by molar-refractivity contribution is -0.120. The molecule has 6 nitrogen and oxygen atoms in total. The third-order valence-electron chi connectivity index (χ3n) is 2.77. The lowest BCUT2D eigenvalue weighted by Gasteiger charge is -2.22. The van der Waals surface area contributed by atoms with Crippen molar-refractivity contribution in [1.29, 1.82) is 0 Å². The molecular weight excluding hydrogens is 248 g/mol. The van der Waals surface area contributed by atoms with Gasteiger partial charge in [-0.05, 0) is 25.5 Å². The molecule has 1 aromatic carbocycles. The van der Waals surface area contributed by atoms with E-state index >= 15 is 0 Å². The monoisotopic (exact) mass is 266 g/mol. The van der Waals surface area contributed by atoms with E-state index in [4.69, 9.17) is 10.8 Å². The molecule has 0 saturated heterocycles. The van der Waals surface area contributed by atoms with Crippen molar-refractivity contribution in [3.63, 3.8) is 0 Å². The number of hydrogen-bond acceptors (Lipinski definition) is 4. The lowest BCUT2D eigenvalue weighted by atomic mass is 9.96. The van der Waals surface area contributed by atoms with Crippen LogP contribution in [0.3, 0.4) is 0 Å². The first-order chi connectivity index (χ1) is 8.77. The van der Waals surface area contributed by atoms with E-state index in [0.29, 0.717) is 12.1 Å². The van der Waals surface area contributed by atoms with E-state index in [2.05, 4.69) is 5.32 Å². The van der Waals surface area contributed by atoms with Crippen LogP contribution >= 0.6 is 0 Å². The predicted octanol–water partition coefficient (Wildman–Crippen LogP) is 1.55. The summed E-state index contributed by atoms with van der Waals surface area (Å²) in [7, 11) is 0. The van der Waals surface area contributed by atoms with Gasteiger partial charge in [-0.2, -0.15) is 0 Å². The van der Waals surface area contributed by atoms with Crippen molar-refractivity contribution in [3.05, 3.63) is 23.8 Å². The molecule has 1 unspecified atom stereocenters. The summed E-state index contributed by atoms with van der Waals surface area (Å²) in [6, 6.07) is 3.81. The summed E-state index contributed by atoms with van der Waals surface area (Å²) in [6.45, 7) is 3.54. The zero-order valence-corrected chi connectivity index (χ0v) is 10.9. The molecule has 1 rings (SSSR count). The number of amides is 1. The number of hydrogen-bond donors (Lipinski definition) is 4. The third kappa shape index (κ3) is 3.69. The highest BCUT2D eigenvalue weighted by atomic mass is 16.4. The Morgan fingerprint density at radius 1 is 1.42 bits per heavy atom. The van der Waals surface area contributed by atoms with Gasteiger partial charge in [-0.3, -0.25) is 4.79 Å². The maximum absolute atomic E-state index is 11.9. The standard InChI is InChI=1S/C13H18N2O4/c1-3-6-13(2,14)12(19)15-8-4-5-9(11(17)18)10(16)7-8/h4-5,7,16H,3,6,14H2,1-2H3,(H,15,19)(H,17,18). The fraction of sp³-hybridized carbons (Fsp3) is 0.385. The third-order valence-corrected chi connectivity index (χ3v) is 2.77. The number of carbonyl (C=O) groups excluding carboxylic acids is 1. The molecule has 1 atom stereocenters. The van der Waals surface area contributed by atoms with Gasteiger partial charge in [-0.25, -0.2) is 4.79 Å². The molecule has 1 aromatic rings. The van der Waals surface area contributed by atoms with Crippen LogP contribution in [0.1, 0.15) is 37.0 Å². The van der Waals surface area contributed by atoms with Gasteiger partial charge < -0.3 is 21.3 Å². The van der Waals surface area contributed by atoms with Crippen LogP contribution in [0.15, 0.2) is 18.2 Å². The van der Waals surface area contributed by atoms with Crippen molar-refractivity contribution in [2.75, 3.05) is 5.32 Å². The van der Waals surface area contributed by atoms with Crippen molar-refractivity contribution >= 4 is 17.6 Å². The summed E-state index contributed by atoms with van der Waals surface area (Å²) < 4.78 is 0. The van der Waals surface area contributed by atoms with Crippen LogP contribution in [0.5, 0.6) is 5.75 Å². The molecular formula is C13H18N2O4. The normalized spacial score (nSPS) is 13.6. The van der Waals surface area contributed by atoms with Crippen molar-refractivity contribution in [2.24, 2.45) is 5.73 Å². The summed E-state index contributed by atoms with van der Waals surface area (Å²) in [5.74, 6) is -2.01. The van der Waals surface area contributed by atoms with Crippen molar-refractivity contribution in [2.45, 2.75) is 32.2 Å². The maximum Gasteiger partial charge on any atom is 0.339 e. The number of benzene rings is 1. The largest absolute Gasteiger partial charge is 0.507 e. The molecule has 6 heteroatoms. The zero-order valence-electron chi connectivity index (χ0n) is 10.9. The average Bonchev–Trinajstić information content (AvgIpc) is 2.28. The molecule has 0 radical (unpaired) electrons. The van der Waals surface area contributed by atoms with Crippen LogP contribution in [0, 0.1) is 0 Å². The van der Waals surface area contributed by atoms with Gasteiger partial charge in [0.15, 0.2) is 0 Å². The maximum atomic E-state index is 11.9. The van der Waals surface area contributed by atoms with E-state index in [-0.39, 0.29) is 11.5 Å². The van der Waals surface area contributed by atoms with E-state index in [9.17, 15) is 14.7 Å².